The molecule has 31 heavy (non-hydrogen) atoms. The number of carbonyl (C=O) groups is 1. The molecule has 0 spiro atoms. The van der Waals surface area contributed by atoms with Crippen LogP contribution in [0.2, 0.25) is 0 Å². The molecule has 9 heteroatoms. The van der Waals surface area contributed by atoms with Crippen molar-refractivity contribution < 1.29 is 13.2 Å². The van der Waals surface area contributed by atoms with Crippen molar-refractivity contribution in [2.45, 2.75) is 31.7 Å². The molecule has 0 aliphatic heterocycles. The van der Waals surface area contributed by atoms with Crippen LogP contribution in [0.1, 0.15) is 22.3 Å². The second-order valence-corrected chi connectivity index (χ2v) is 8.87. The van der Waals surface area contributed by atoms with Gasteiger partial charge in [-0.05, 0) is 54.8 Å². The number of rotatable bonds is 7. The van der Waals surface area contributed by atoms with Crippen molar-refractivity contribution in [1.29, 1.82) is 0 Å². The minimum Gasteiger partial charge on any atom is -0.399 e. The lowest BCUT2D eigenvalue weighted by Gasteiger charge is -2.13. The summed E-state index contributed by atoms with van der Waals surface area (Å²) in [5.41, 5.74) is 8.52. The first-order valence-corrected chi connectivity index (χ1v) is 11.1. The summed E-state index contributed by atoms with van der Waals surface area (Å²) < 4.78 is 25.9. The second kappa shape index (κ2) is 9.05. The maximum Gasteiger partial charge on any atom is 0.275 e. The molecule has 0 aliphatic carbocycles. The summed E-state index contributed by atoms with van der Waals surface area (Å²) in [5.74, 6) is -0.358. The molecular formula is C22H24N4O4S. The van der Waals surface area contributed by atoms with Gasteiger partial charge in [-0.3, -0.25) is 9.59 Å². The predicted octanol–water partition coefficient (Wildman–Crippen LogP) is 1.84. The largest absolute Gasteiger partial charge is 0.399 e. The Kier molecular flexibility index (Phi) is 6.45. The normalized spacial score (nSPS) is 11.2. The zero-order chi connectivity index (χ0) is 22.6. The molecule has 3 rings (SSSR count). The minimum absolute atomic E-state index is 0.0270. The highest BCUT2D eigenvalue weighted by molar-refractivity contribution is 7.92. The smallest absolute Gasteiger partial charge is 0.275 e. The number of benzene rings is 2. The molecule has 3 aromatic rings. The number of hydrogen-bond donors (Lipinski definition) is 3. The van der Waals surface area contributed by atoms with Crippen molar-refractivity contribution in [3.8, 4) is 0 Å². The van der Waals surface area contributed by atoms with Crippen molar-refractivity contribution in [2.24, 2.45) is 0 Å². The third-order valence-electron chi connectivity index (χ3n) is 4.87. The van der Waals surface area contributed by atoms with Crippen LogP contribution in [-0.4, -0.2) is 19.0 Å². The molecule has 0 fully saturated rings. The Balaban J connectivity index is 1.75. The highest BCUT2D eigenvalue weighted by atomic mass is 32.2. The highest BCUT2D eigenvalue weighted by Crippen LogP contribution is 2.13. The van der Waals surface area contributed by atoms with E-state index in [0.29, 0.717) is 11.3 Å². The number of carbonyl (C=O) groups excluding carboxylic acids is 1. The van der Waals surface area contributed by atoms with E-state index in [2.05, 4.69) is 10.1 Å². The third kappa shape index (κ3) is 5.32. The molecule has 0 saturated heterocycles. The monoisotopic (exact) mass is 440 g/mol. The van der Waals surface area contributed by atoms with Crippen LogP contribution in [0.25, 0.3) is 0 Å². The number of amides is 1. The van der Waals surface area contributed by atoms with Gasteiger partial charge in [0.05, 0.1) is 11.3 Å². The lowest BCUT2D eigenvalue weighted by atomic mass is 10.1. The van der Waals surface area contributed by atoms with Gasteiger partial charge >= 0.3 is 0 Å². The topological polar surface area (TPSA) is 123 Å². The van der Waals surface area contributed by atoms with Gasteiger partial charge in [-0.1, -0.05) is 30.3 Å². The van der Waals surface area contributed by atoms with Crippen LogP contribution in [0, 0.1) is 13.8 Å². The van der Waals surface area contributed by atoms with E-state index in [-0.39, 0.29) is 29.3 Å². The summed E-state index contributed by atoms with van der Waals surface area (Å²) in [6.45, 7) is 3.86. The van der Waals surface area contributed by atoms with Gasteiger partial charge < -0.3 is 11.1 Å². The molecule has 0 saturated carbocycles. The van der Waals surface area contributed by atoms with Crippen molar-refractivity contribution in [3.05, 3.63) is 93.4 Å². The summed E-state index contributed by atoms with van der Waals surface area (Å²) in [6.07, 6.45) is 1.15. The van der Waals surface area contributed by atoms with Crippen LogP contribution >= 0.6 is 0 Å². The van der Waals surface area contributed by atoms with Crippen molar-refractivity contribution in [3.63, 3.8) is 0 Å². The molecule has 0 aliphatic rings. The molecule has 0 atom stereocenters. The van der Waals surface area contributed by atoms with Crippen LogP contribution in [0.3, 0.4) is 0 Å². The van der Waals surface area contributed by atoms with E-state index >= 15 is 0 Å². The fourth-order valence-corrected chi connectivity index (χ4v) is 3.98. The number of nitrogens with zero attached hydrogens (tertiary/aromatic N) is 1. The van der Waals surface area contributed by atoms with Gasteiger partial charge in [-0.2, -0.15) is 8.42 Å². The first kappa shape index (κ1) is 22.1. The van der Waals surface area contributed by atoms with Gasteiger partial charge in [-0.25, -0.2) is 9.51 Å². The summed E-state index contributed by atoms with van der Waals surface area (Å²) >= 11 is 0. The highest BCUT2D eigenvalue weighted by Gasteiger charge is 2.17. The van der Waals surface area contributed by atoms with Gasteiger partial charge in [0.1, 0.15) is 0 Å². The quantitative estimate of drug-likeness (QED) is 0.484. The molecule has 1 amide bonds. The zero-order valence-electron chi connectivity index (χ0n) is 17.3. The Morgan fingerprint density at radius 3 is 2.42 bits per heavy atom. The molecular weight excluding hydrogens is 416 g/mol. The van der Waals surface area contributed by atoms with Crippen LogP contribution in [-0.2, 0) is 27.8 Å². The molecule has 162 valence electrons. The zero-order valence-corrected chi connectivity index (χ0v) is 18.1. The van der Waals surface area contributed by atoms with Crippen molar-refractivity contribution >= 4 is 21.6 Å². The Bertz CT molecular complexity index is 1270. The molecule has 1 aromatic heterocycles. The fourth-order valence-electron chi connectivity index (χ4n) is 2.96. The van der Waals surface area contributed by atoms with Crippen LogP contribution < -0.4 is 21.4 Å². The molecule has 0 bridgehead atoms. The van der Waals surface area contributed by atoms with Crippen molar-refractivity contribution in [1.82, 2.24) is 9.99 Å². The Hall–Kier alpha value is -3.59. The van der Waals surface area contributed by atoms with Gasteiger partial charge in [0.25, 0.3) is 15.6 Å². The number of aromatic nitrogens is 1. The van der Waals surface area contributed by atoms with E-state index in [1.807, 2.05) is 19.1 Å². The summed E-state index contributed by atoms with van der Waals surface area (Å²) in [5, 5.41) is 2.76. The minimum atomic E-state index is -3.95. The molecule has 0 unspecified atom stereocenters. The lowest BCUT2D eigenvalue weighted by Crippen LogP contribution is -2.36. The third-order valence-corrected chi connectivity index (χ3v) is 6.20. The maximum atomic E-state index is 12.8. The first-order valence-electron chi connectivity index (χ1n) is 9.58. The summed E-state index contributed by atoms with van der Waals surface area (Å²) in [6, 6.07) is 14.8. The number of nitrogen functional groups attached to an aromatic ring is 1. The lowest BCUT2D eigenvalue weighted by molar-refractivity contribution is -0.120. The van der Waals surface area contributed by atoms with E-state index < -0.39 is 15.6 Å². The number of anilines is 1. The van der Waals surface area contributed by atoms with E-state index in [9.17, 15) is 18.0 Å². The van der Waals surface area contributed by atoms with Crippen LogP contribution in [0.5, 0.6) is 0 Å². The average Bonchev–Trinajstić information content (AvgIpc) is 2.74. The van der Waals surface area contributed by atoms with Crippen molar-refractivity contribution in [2.75, 3.05) is 10.6 Å². The standard InChI is InChI=1S/C22H24N4O4S/c1-15-10-11-26(25-31(29,30)18-6-4-3-5-7-18)22(28)19(15)13-21(27)24-14-17-9-8-16(2)20(23)12-17/h3-12,25H,13-14,23H2,1-2H3,(H,24,27). The number of nitrogens with one attached hydrogen (secondary N) is 2. The number of aryl methyl sites for hydroxylation is 2. The summed E-state index contributed by atoms with van der Waals surface area (Å²) in [4.78, 5) is 27.5. The van der Waals surface area contributed by atoms with E-state index in [1.165, 1.54) is 18.3 Å². The van der Waals surface area contributed by atoms with E-state index in [4.69, 9.17) is 5.73 Å². The molecule has 0 radical (unpaired) electrons. The van der Waals surface area contributed by atoms with Crippen LogP contribution in [0.15, 0.2) is 70.5 Å². The molecule has 1 heterocycles. The second-order valence-electron chi connectivity index (χ2n) is 7.20. The average molecular weight is 441 g/mol. The number of nitrogens with two attached hydrogens (primary N) is 1. The van der Waals surface area contributed by atoms with Gasteiger partial charge in [0.15, 0.2) is 0 Å². The van der Waals surface area contributed by atoms with Gasteiger partial charge in [-0.15, -0.1) is 0 Å². The van der Waals surface area contributed by atoms with Gasteiger partial charge in [0, 0.05) is 24.0 Å². The summed E-state index contributed by atoms with van der Waals surface area (Å²) in [7, 11) is -3.95. The van der Waals surface area contributed by atoms with Crippen LogP contribution in [0.4, 0.5) is 5.69 Å². The number of sulfonamides is 1. The first-order chi connectivity index (χ1) is 14.7. The van der Waals surface area contributed by atoms with E-state index in [0.717, 1.165) is 15.8 Å². The Labute approximate surface area is 180 Å². The Morgan fingerprint density at radius 1 is 1.03 bits per heavy atom. The number of pyridine rings is 1. The molecule has 2 aromatic carbocycles. The fraction of sp³-hybridized carbons (Fsp3) is 0.182. The Morgan fingerprint density at radius 2 is 1.74 bits per heavy atom. The SMILES string of the molecule is Cc1ccc(CNC(=O)Cc2c(C)ccn(NS(=O)(=O)c3ccccc3)c2=O)cc1N. The molecule has 8 nitrogen and oxygen atoms in total. The number of hydrogen-bond acceptors (Lipinski definition) is 5. The molecule has 4 N–H and O–H groups in total. The predicted molar refractivity (Wildman–Crippen MR) is 120 cm³/mol. The van der Waals surface area contributed by atoms with Gasteiger partial charge in [0.2, 0.25) is 5.91 Å². The van der Waals surface area contributed by atoms with E-state index in [1.54, 1.807) is 37.3 Å². The maximum absolute atomic E-state index is 12.8.